The molecule has 2 heterocycles. The highest BCUT2D eigenvalue weighted by atomic mass is 32.2. The van der Waals surface area contributed by atoms with Crippen LogP contribution >= 0.6 is 11.3 Å². The van der Waals surface area contributed by atoms with E-state index in [0.717, 1.165) is 16.1 Å². The molecule has 0 fully saturated rings. The fourth-order valence-corrected chi connectivity index (χ4v) is 3.85. The number of nitrogens with two attached hydrogens (primary N) is 1. The summed E-state index contributed by atoms with van der Waals surface area (Å²) in [6, 6.07) is 1.60. The van der Waals surface area contributed by atoms with Crippen LogP contribution in [0.3, 0.4) is 0 Å². The van der Waals surface area contributed by atoms with Crippen LogP contribution in [0.4, 0.5) is 0 Å². The smallest absolute Gasteiger partial charge is 0.241 e. The lowest BCUT2D eigenvalue weighted by Gasteiger charge is -2.03. The monoisotopic (exact) mass is 300 g/mol. The van der Waals surface area contributed by atoms with Crippen LogP contribution in [0.5, 0.6) is 0 Å². The zero-order valence-corrected chi connectivity index (χ0v) is 12.4. The molecule has 0 unspecified atom stereocenters. The topological polar surface area (TPSA) is 90.0 Å². The van der Waals surface area contributed by atoms with Crippen molar-refractivity contribution < 1.29 is 8.42 Å². The molecule has 0 bridgehead atoms. The van der Waals surface area contributed by atoms with E-state index >= 15 is 0 Å². The number of aromatic nitrogens is 2. The molecule has 2 aromatic heterocycles. The van der Waals surface area contributed by atoms with Gasteiger partial charge in [-0.25, -0.2) is 13.1 Å². The number of rotatable bonds is 5. The second kappa shape index (κ2) is 5.41. The van der Waals surface area contributed by atoms with Crippen LogP contribution in [-0.2, 0) is 30.2 Å². The van der Waals surface area contributed by atoms with Gasteiger partial charge in [0.25, 0.3) is 0 Å². The minimum absolute atomic E-state index is 0.232. The molecule has 2 rings (SSSR count). The van der Waals surface area contributed by atoms with E-state index in [9.17, 15) is 8.42 Å². The molecule has 0 saturated carbocycles. The van der Waals surface area contributed by atoms with Crippen molar-refractivity contribution in [2.75, 3.05) is 0 Å². The number of nitrogens with one attached hydrogen (secondary N) is 1. The number of hydrogen-bond acceptors (Lipinski definition) is 5. The Morgan fingerprint density at radius 2 is 2.26 bits per heavy atom. The number of thiophene rings is 1. The van der Waals surface area contributed by atoms with Crippen molar-refractivity contribution in [3.63, 3.8) is 0 Å². The first-order valence-corrected chi connectivity index (χ1v) is 8.05. The van der Waals surface area contributed by atoms with Gasteiger partial charge in [-0.2, -0.15) is 5.10 Å². The van der Waals surface area contributed by atoms with Gasteiger partial charge in [0.2, 0.25) is 10.0 Å². The van der Waals surface area contributed by atoms with Gasteiger partial charge in [0, 0.05) is 42.2 Å². The van der Waals surface area contributed by atoms with Gasteiger partial charge in [-0.05, 0) is 13.0 Å². The van der Waals surface area contributed by atoms with E-state index in [-0.39, 0.29) is 11.4 Å². The van der Waals surface area contributed by atoms with E-state index in [0.29, 0.717) is 6.54 Å². The van der Waals surface area contributed by atoms with Gasteiger partial charge in [-0.3, -0.25) is 4.68 Å². The average Bonchev–Trinajstić information content (AvgIpc) is 2.94. The third-order valence-corrected chi connectivity index (χ3v) is 5.20. The first-order chi connectivity index (χ1) is 8.92. The van der Waals surface area contributed by atoms with Crippen LogP contribution in [0.15, 0.2) is 22.5 Å². The van der Waals surface area contributed by atoms with Crippen molar-refractivity contribution >= 4 is 21.4 Å². The molecule has 0 aliphatic carbocycles. The summed E-state index contributed by atoms with van der Waals surface area (Å²) in [6.07, 6.45) is 1.80. The molecule has 0 amide bonds. The molecule has 0 spiro atoms. The van der Waals surface area contributed by atoms with Gasteiger partial charge in [-0.15, -0.1) is 11.3 Å². The van der Waals surface area contributed by atoms with Gasteiger partial charge in [-0.1, -0.05) is 0 Å². The Morgan fingerprint density at radius 1 is 1.53 bits per heavy atom. The molecule has 0 aromatic carbocycles. The third kappa shape index (κ3) is 3.21. The molecule has 0 saturated heterocycles. The fraction of sp³-hybridized carbons (Fsp3) is 0.364. The molecule has 104 valence electrons. The lowest BCUT2D eigenvalue weighted by molar-refractivity contribution is 0.581. The highest BCUT2D eigenvalue weighted by Crippen LogP contribution is 2.19. The fourth-order valence-electron chi connectivity index (χ4n) is 1.69. The maximum atomic E-state index is 12.1. The molecular weight excluding hydrogens is 284 g/mol. The number of aryl methyl sites for hydroxylation is 2. The molecule has 0 atom stereocenters. The maximum Gasteiger partial charge on any atom is 0.241 e. The quantitative estimate of drug-likeness (QED) is 0.851. The molecule has 8 heteroatoms. The SMILES string of the molecule is Cc1nn(C)cc1CNS(=O)(=O)c1csc(CN)c1. The number of sulfonamides is 1. The highest BCUT2D eigenvalue weighted by molar-refractivity contribution is 7.89. The van der Waals surface area contributed by atoms with Gasteiger partial charge in [0.05, 0.1) is 10.6 Å². The summed E-state index contributed by atoms with van der Waals surface area (Å²) in [5.74, 6) is 0. The Bertz CT molecular complexity index is 673. The first-order valence-electron chi connectivity index (χ1n) is 5.68. The number of hydrogen-bond donors (Lipinski definition) is 2. The Labute approximate surface area is 116 Å². The molecular formula is C11H16N4O2S2. The second-order valence-electron chi connectivity index (χ2n) is 4.19. The Balaban J connectivity index is 2.11. The predicted molar refractivity (Wildman–Crippen MR) is 74.2 cm³/mol. The summed E-state index contributed by atoms with van der Waals surface area (Å²) in [4.78, 5) is 1.11. The molecule has 19 heavy (non-hydrogen) atoms. The van der Waals surface area contributed by atoms with Crippen molar-refractivity contribution in [2.45, 2.75) is 24.9 Å². The van der Waals surface area contributed by atoms with E-state index in [1.807, 2.05) is 6.92 Å². The summed E-state index contributed by atoms with van der Waals surface area (Å²) in [7, 11) is -1.68. The lowest BCUT2D eigenvalue weighted by Crippen LogP contribution is -2.23. The van der Waals surface area contributed by atoms with Crippen molar-refractivity contribution in [2.24, 2.45) is 12.8 Å². The predicted octanol–water partition coefficient (Wildman–Crippen LogP) is 0.727. The lowest BCUT2D eigenvalue weighted by atomic mass is 10.3. The molecule has 0 aliphatic rings. The average molecular weight is 300 g/mol. The van der Waals surface area contributed by atoms with Crippen LogP contribution in [-0.4, -0.2) is 18.2 Å². The molecule has 0 aliphatic heterocycles. The summed E-state index contributed by atoms with van der Waals surface area (Å²) in [6.45, 7) is 2.43. The van der Waals surface area contributed by atoms with Crippen LogP contribution in [0, 0.1) is 6.92 Å². The van der Waals surface area contributed by atoms with E-state index < -0.39 is 10.0 Å². The first kappa shape index (κ1) is 14.2. The van der Waals surface area contributed by atoms with Crippen LogP contribution in [0.1, 0.15) is 16.1 Å². The summed E-state index contributed by atoms with van der Waals surface area (Å²) >= 11 is 1.34. The van der Waals surface area contributed by atoms with Crippen LogP contribution in [0.25, 0.3) is 0 Å². The van der Waals surface area contributed by atoms with Gasteiger partial charge >= 0.3 is 0 Å². The zero-order valence-electron chi connectivity index (χ0n) is 10.8. The van der Waals surface area contributed by atoms with Gasteiger partial charge < -0.3 is 5.73 Å². The summed E-state index contributed by atoms with van der Waals surface area (Å²) in [5.41, 5.74) is 7.16. The van der Waals surface area contributed by atoms with E-state index in [2.05, 4.69) is 9.82 Å². The standard InChI is InChI=1S/C11H16N4O2S2/c1-8-9(6-15(2)14-8)5-13-19(16,17)11-3-10(4-12)18-7-11/h3,6-7,13H,4-5,12H2,1-2H3. The zero-order chi connectivity index (χ0) is 14.0. The Hall–Kier alpha value is -1.22. The largest absolute Gasteiger partial charge is 0.326 e. The maximum absolute atomic E-state index is 12.1. The van der Waals surface area contributed by atoms with E-state index in [1.54, 1.807) is 29.4 Å². The summed E-state index contributed by atoms with van der Waals surface area (Å²) < 4.78 is 28.4. The van der Waals surface area contributed by atoms with Gasteiger partial charge in [0.15, 0.2) is 0 Å². The van der Waals surface area contributed by atoms with Crippen molar-refractivity contribution in [1.82, 2.24) is 14.5 Å². The molecule has 6 nitrogen and oxygen atoms in total. The normalized spacial score (nSPS) is 11.9. The Kier molecular flexibility index (Phi) is 4.04. The van der Waals surface area contributed by atoms with Crippen LogP contribution in [0.2, 0.25) is 0 Å². The van der Waals surface area contributed by atoms with Crippen molar-refractivity contribution in [3.05, 3.63) is 33.8 Å². The minimum atomic E-state index is -3.49. The third-order valence-electron chi connectivity index (χ3n) is 2.71. The van der Waals surface area contributed by atoms with E-state index in [1.165, 1.54) is 11.3 Å². The number of nitrogens with zero attached hydrogens (tertiary/aromatic N) is 2. The Morgan fingerprint density at radius 3 is 2.79 bits per heavy atom. The van der Waals surface area contributed by atoms with Crippen LogP contribution < -0.4 is 10.5 Å². The summed E-state index contributed by atoms with van der Waals surface area (Å²) in [5, 5.41) is 5.77. The van der Waals surface area contributed by atoms with Crippen molar-refractivity contribution in [3.8, 4) is 0 Å². The molecule has 3 N–H and O–H groups in total. The van der Waals surface area contributed by atoms with E-state index in [4.69, 9.17) is 5.73 Å². The van der Waals surface area contributed by atoms with Gasteiger partial charge in [0.1, 0.15) is 0 Å². The molecule has 2 aromatic rings. The highest BCUT2D eigenvalue weighted by Gasteiger charge is 2.16. The minimum Gasteiger partial charge on any atom is -0.326 e. The van der Waals surface area contributed by atoms with Crippen molar-refractivity contribution in [1.29, 1.82) is 0 Å². The second-order valence-corrected chi connectivity index (χ2v) is 6.95. The molecule has 0 radical (unpaired) electrons.